The Morgan fingerprint density at radius 2 is 0.767 bits per heavy atom. The summed E-state index contributed by atoms with van der Waals surface area (Å²) in [6, 6.07) is 0. The summed E-state index contributed by atoms with van der Waals surface area (Å²) in [5, 5.41) is 0. The normalized spacial score (nSPS) is 17.2. The van der Waals surface area contributed by atoms with Gasteiger partial charge in [-0.1, -0.05) is 0 Å². The summed E-state index contributed by atoms with van der Waals surface area (Å²) in [5.74, 6) is -40.3. The van der Waals surface area contributed by atoms with E-state index in [1.165, 1.54) is 0 Å². The van der Waals surface area contributed by atoms with Gasteiger partial charge in [0.2, 0.25) is 5.83 Å². The molecular weight excluding hydrogens is 495 g/mol. The van der Waals surface area contributed by atoms with Gasteiger partial charge in [-0.3, -0.25) is 0 Å². The number of hydrogen-bond acceptors (Lipinski definition) is 1. The van der Waals surface area contributed by atoms with Crippen molar-refractivity contribution in [3.8, 4) is 0 Å². The molecule has 0 saturated carbocycles. The van der Waals surface area contributed by atoms with E-state index in [0.29, 0.717) is 4.99 Å². The van der Waals surface area contributed by atoms with Gasteiger partial charge >= 0.3 is 42.2 Å². The minimum Gasteiger partial charge on any atom is -0.213 e. The summed E-state index contributed by atoms with van der Waals surface area (Å²) in [5.41, 5.74) is -4.88. The molecule has 0 spiro atoms. The lowest BCUT2D eigenvalue weighted by Gasteiger charge is -2.27. The van der Waals surface area contributed by atoms with E-state index in [0.717, 1.165) is 0 Å². The largest absolute Gasteiger partial charge is 0.460 e. The van der Waals surface area contributed by atoms with Crippen LogP contribution in [0.25, 0.3) is 0 Å². The monoisotopic (exact) mass is 495 g/mol. The molecule has 20 heteroatoms. The molecule has 0 rings (SSSR count). The van der Waals surface area contributed by atoms with Gasteiger partial charge in [0, 0.05) is 0 Å². The molecule has 1 nitrogen and oxygen atoms in total. The molecule has 0 amide bonds. The topological polar surface area (TPSA) is 12.4 Å². The average Bonchev–Trinajstić information content (AvgIpc) is 2.47. The molecule has 178 valence electrons. The number of nitrogens with zero attached hydrogens (tertiary/aromatic N) is 1. The van der Waals surface area contributed by atoms with E-state index in [4.69, 9.17) is 0 Å². The average molecular weight is 495 g/mol. The number of rotatable bonds is 5. The molecule has 0 aliphatic rings. The molecule has 0 aliphatic carbocycles. The molecule has 0 aromatic rings. The first-order valence-corrected chi connectivity index (χ1v) is 6.04. The standard InChI is InChI=1S/C10F19N/c11-1(4(13,14)8(21,22)23)2(5(15,16)9(24,25)26)30-3(12)6(17,18)7(19,20)10(27,28)29. The second kappa shape index (κ2) is 7.34. The van der Waals surface area contributed by atoms with Gasteiger partial charge in [-0.2, -0.15) is 79.0 Å². The number of hydrogen-bond donors (Lipinski definition) is 0. The van der Waals surface area contributed by atoms with Gasteiger partial charge in [-0.05, 0) is 0 Å². The van der Waals surface area contributed by atoms with Crippen LogP contribution in [0, 0.1) is 0 Å². The second-order valence-electron chi connectivity index (χ2n) is 4.86. The maximum absolute atomic E-state index is 13.1. The fourth-order valence-corrected chi connectivity index (χ4v) is 1.14. The highest BCUT2D eigenvalue weighted by atomic mass is 19.4. The number of aliphatic imine (C=N–C) groups is 1. The highest BCUT2D eigenvalue weighted by Gasteiger charge is 2.76. The van der Waals surface area contributed by atoms with Crippen molar-refractivity contribution in [2.75, 3.05) is 0 Å². The van der Waals surface area contributed by atoms with Crippen LogP contribution in [0.4, 0.5) is 83.4 Å². The van der Waals surface area contributed by atoms with E-state index in [-0.39, 0.29) is 0 Å². The Kier molecular flexibility index (Phi) is 6.87. The number of allylic oxidation sites excluding steroid dienone is 2. The first-order chi connectivity index (χ1) is 12.7. The fourth-order valence-electron chi connectivity index (χ4n) is 1.14. The summed E-state index contributed by atoms with van der Waals surface area (Å²) in [6.07, 6.45) is -22.4. The Labute approximate surface area is 149 Å². The summed E-state index contributed by atoms with van der Waals surface area (Å²) in [6.45, 7) is 0. The summed E-state index contributed by atoms with van der Waals surface area (Å²) >= 11 is 0. The molecule has 0 atom stereocenters. The van der Waals surface area contributed by atoms with Gasteiger partial charge in [-0.15, -0.1) is 0 Å². The van der Waals surface area contributed by atoms with Crippen LogP contribution in [0.5, 0.6) is 0 Å². The molecule has 0 radical (unpaired) electrons. The molecule has 0 aromatic carbocycles. The van der Waals surface area contributed by atoms with Crippen molar-refractivity contribution in [3.05, 3.63) is 11.5 Å². The zero-order valence-electron chi connectivity index (χ0n) is 12.6. The van der Waals surface area contributed by atoms with Gasteiger partial charge in [0.15, 0.2) is 5.70 Å². The smallest absolute Gasteiger partial charge is 0.213 e. The number of alkyl halides is 17. The summed E-state index contributed by atoms with van der Waals surface area (Å²) < 4.78 is 236. The zero-order valence-corrected chi connectivity index (χ0v) is 12.6. The number of halogens is 19. The Hall–Kier alpha value is -1.92. The molecule has 0 aromatic heterocycles. The Bertz CT molecular complexity index is 698. The molecule has 0 unspecified atom stereocenters. The summed E-state index contributed by atoms with van der Waals surface area (Å²) in [4.78, 5) is 0.320. The Morgan fingerprint density at radius 1 is 0.433 bits per heavy atom. The van der Waals surface area contributed by atoms with Crippen molar-refractivity contribution in [2.45, 2.75) is 42.2 Å². The van der Waals surface area contributed by atoms with Gasteiger partial charge in [-0.25, -0.2) is 9.38 Å². The van der Waals surface area contributed by atoms with Gasteiger partial charge in [0.05, 0.1) is 0 Å². The zero-order chi connectivity index (χ0) is 24.9. The Morgan fingerprint density at radius 3 is 1.03 bits per heavy atom. The van der Waals surface area contributed by atoms with Crippen molar-refractivity contribution < 1.29 is 83.4 Å². The third-order valence-electron chi connectivity index (χ3n) is 2.71. The van der Waals surface area contributed by atoms with Crippen LogP contribution in [0.1, 0.15) is 0 Å². The minimum absolute atomic E-state index is 0.320. The van der Waals surface area contributed by atoms with Crippen LogP contribution in [0.2, 0.25) is 0 Å². The van der Waals surface area contributed by atoms with Crippen LogP contribution in [0.3, 0.4) is 0 Å². The van der Waals surface area contributed by atoms with E-state index in [2.05, 4.69) is 0 Å². The van der Waals surface area contributed by atoms with E-state index >= 15 is 0 Å². The predicted molar refractivity (Wildman–Crippen MR) is 54.6 cm³/mol. The second-order valence-corrected chi connectivity index (χ2v) is 4.86. The van der Waals surface area contributed by atoms with Gasteiger partial charge in [0.1, 0.15) is 0 Å². The first kappa shape index (κ1) is 28.1. The van der Waals surface area contributed by atoms with Crippen molar-refractivity contribution in [3.63, 3.8) is 0 Å². The van der Waals surface area contributed by atoms with Crippen LogP contribution < -0.4 is 0 Å². The van der Waals surface area contributed by atoms with Crippen LogP contribution in [-0.4, -0.2) is 48.2 Å². The molecule has 0 fully saturated rings. The van der Waals surface area contributed by atoms with Crippen LogP contribution in [0.15, 0.2) is 16.5 Å². The van der Waals surface area contributed by atoms with Crippen LogP contribution in [-0.2, 0) is 0 Å². The molecule has 0 aliphatic heterocycles. The molecule has 0 N–H and O–H groups in total. The molecule has 0 heterocycles. The minimum atomic E-state index is -7.67. The van der Waals surface area contributed by atoms with Crippen molar-refractivity contribution >= 4 is 5.97 Å². The molecule has 30 heavy (non-hydrogen) atoms. The van der Waals surface area contributed by atoms with E-state index in [9.17, 15) is 83.4 Å². The van der Waals surface area contributed by atoms with Gasteiger partial charge in [0.25, 0.3) is 5.97 Å². The molecule has 0 bridgehead atoms. The SMILES string of the molecule is FC(=NC(=C(F)C(F)(F)C(F)(F)F)C(F)(F)C(F)(F)F)C(F)(F)C(F)(F)C(F)(F)F. The first-order valence-electron chi connectivity index (χ1n) is 6.04. The van der Waals surface area contributed by atoms with Crippen LogP contribution >= 0.6 is 0 Å². The van der Waals surface area contributed by atoms with E-state index < -0.39 is 59.7 Å². The Balaban J connectivity index is 7.16. The lowest BCUT2D eigenvalue weighted by molar-refractivity contribution is -0.337. The third kappa shape index (κ3) is 4.54. The fraction of sp³-hybridized carbons (Fsp3) is 0.700. The van der Waals surface area contributed by atoms with Crippen molar-refractivity contribution in [2.24, 2.45) is 4.99 Å². The predicted octanol–water partition coefficient (Wildman–Crippen LogP) is 6.76. The van der Waals surface area contributed by atoms with Crippen molar-refractivity contribution in [1.29, 1.82) is 0 Å². The maximum Gasteiger partial charge on any atom is 0.460 e. The van der Waals surface area contributed by atoms with E-state index in [1.807, 2.05) is 0 Å². The highest BCUT2D eigenvalue weighted by molar-refractivity contribution is 5.85. The lowest BCUT2D eigenvalue weighted by atomic mass is 10.1. The van der Waals surface area contributed by atoms with Gasteiger partial charge < -0.3 is 0 Å². The lowest BCUT2D eigenvalue weighted by Crippen LogP contribution is -2.55. The highest BCUT2D eigenvalue weighted by Crippen LogP contribution is 2.51. The maximum atomic E-state index is 13.1. The van der Waals surface area contributed by atoms with E-state index in [1.54, 1.807) is 0 Å². The summed E-state index contributed by atoms with van der Waals surface area (Å²) in [7, 11) is 0. The molecular formula is C10F19N. The third-order valence-corrected chi connectivity index (χ3v) is 2.71. The quantitative estimate of drug-likeness (QED) is 0.295. The molecule has 0 saturated heterocycles. The van der Waals surface area contributed by atoms with Crippen molar-refractivity contribution in [1.82, 2.24) is 0 Å².